The maximum Gasteiger partial charge on any atom is 1.00 e. The Kier molecular flexibility index (Phi) is 17.7. The summed E-state index contributed by atoms with van der Waals surface area (Å²) in [6.45, 7) is 1.61. The third kappa shape index (κ3) is 12.4. The quantitative estimate of drug-likeness (QED) is 0.0551. The summed E-state index contributed by atoms with van der Waals surface area (Å²) in [6.07, 6.45) is 0. The Morgan fingerprint density at radius 3 is 2.00 bits per heavy atom. The maximum atomic E-state index is 11.9. The zero-order chi connectivity index (χ0) is 34.1. The van der Waals surface area contributed by atoms with Gasteiger partial charge >= 0.3 is 59.1 Å². The zero-order valence-electron chi connectivity index (χ0n) is 26.5. The predicted molar refractivity (Wildman–Crippen MR) is 165 cm³/mol. The molecule has 0 heterocycles. The van der Waals surface area contributed by atoms with Crippen LogP contribution < -0.4 is 69.6 Å². The molecular formula is C28H30N6Na2O10S2. The second-order valence-corrected chi connectivity index (χ2v) is 12.2. The van der Waals surface area contributed by atoms with Crippen LogP contribution in [0.2, 0.25) is 0 Å². The largest absolute Gasteiger partial charge is 1.00 e. The Bertz CT molecular complexity index is 1980. The molecule has 0 amide bonds. The van der Waals surface area contributed by atoms with Crippen LogP contribution in [0.5, 0.6) is 11.5 Å². The van der Waals surface area contributed by atoms with Crippen molar-refractivity contribution in [3.8, 4) is 11.5 Å². The van der Waals surface area contributed by atoms with Gasteiger partial charge in [-0.2, -0.15) is 10.2 Å². The topological polar surface area (TPSA) is 263 Å². The number of aliphatic hydroxyl groups excluding tert-OH is 2. The predicted octanol–water partition coefficient (Wildman–Crippen LogP) is -2.31. The minimum atomic E-state index is -5.05. The van der Waals surface area contributed by atoms with E-state index >= 15 is 0 Å². The van der Waals surface area contributed by atoms with E-state index in [0.717, 1.165) is 18.2 Å². The molecule has 0 radical (unpaired) electrons. The number of aromatic hydroxyl groups is 1. The molecule has 0 saturated heterocycles. The number of phenolic OH excluding ortho intramolecular Hbond substituents is 1. The molecule has 0 aliphatic rings. The van der Waals surface area contributed by atoms with E-state index in [1.165, 1.54) is 55.6 Å². The van der Waals surface area contributed by atoms with E-state index in [1.807, 2.05) is 11.9 Å². The fourth-order valence-corrected chi connectivity index (χ4v) is 5.00. The van der Waals surface area contributed by atoms with Crippen molar-refractivity contribution in [1.29, 1.82) is 0 Å². The van der Waals surface area contributed by atoms with Crippen LogP contribution in [0.25, 0.3) is 10.8 Å². The first-order chi connectivity index (χ1) is 21.7. The van der Waals surface area contributed by atoms with Crippen LogP contribution >= 0.6 is 0 Å². The minimum absolute atomic E-state index is 0. The average Bonchev–Trinajstić information content (AvgIpc) is 2.99. The van der Waals surface area contributed by atoms with Gasteiger partial charge < -0.3 is 39.8 Å². The van der Waals surface area contributed by atoms with Crippen molar-refractivity contribution in [2.75, 3.05) is 46.2 Å². The van der Waals surface area contributed by atoms with Crippen molar-refractivity contribution in [2.45, 2.75) is 9.79 Å². The Morgan fingerprint density at radius 1 is 0.812 bits per heavy atom. The summed E-state index contributed by atoms with van der Waals surface area (Å²) < 4.78 is 74.5. The van der Waals surface area contributed by atoms with Crippen molar-refractivity contribution in [1.82, 2.24) is 4.90 Å². The van der Waals surface area contributed by atoms with Gasteiger partial charge in [-0.25, -0.2) is 16.8 Å². The fourth-order valence-electron chi connectivity index (χ4n) is 3.84. The molecule has 4 aromatic rings. The first-order valence-corrected chi connectivity index (χ1v) is 16.0. The summed E-state index contributed by atoms with van der Waals surface area (Å²) >= 11 is 0. The Labute approximate surface area is 321 Å². The smallest absolute Gasteiger partial charge is 0.744 e. The van der Waals surface area contributed by atoms with E-state index in [2.05, 4.69) is 20.5 Å². The SMILES string of the molecule is CN(CCO)CCO.COc1cc(N=Nc2cccc(S(=O)(=O)[O-])c2)ccc1N=Nc1c(S(=O)(=O)[O-])cc2cc(N)ccc2c1O.[Na+].[Na+]. The number of rotatable bonds is 11. The van der Waals surface area contributed by atoms with Gasteiger partial charge in [-0.1, -0.05) is 6.07 Å². The zero-order valence-corrected chi connectivity index (χ0v) is 32.1. The molecule has 0 aliphatic carbocycles. The van der Waals surface area contributed by atoms with E-state index < -0.39 is 41.5 Å². The van der Waals surface area contributed by atoms with E-state index in [4.69, 9.17) is 20.7 Å². The van der Waals surface area contributed by atoms with E-state index in [0.29, 0.717) is 18.8 Å². The Hall–Kier alpha value is -2.56. The number of phenols is 1. The summed E-state index contributed by atoms with van der Waals surface area (Å²) in [7, 11) is -6.54. The van der Waals surface area contributed by atoms with Crippen LogP contribution in [0.4, 0.5) is 28.4 Å². The summed E-state index contributed by atoms with van der Waals surface area (Å²) in [6, 6.07) is 14.6. The van der Waals surface area contributed by atoms with Gasteiger partial charge in [-0.15, -0.1) is 10.2 Å². The number of hydrogen-bond donors (Lipinski definition) is 4. The van der Waals surface area contributed by atoms with Gasteiger partial charge in [0.1, 0.15) is 37.4 Å². The van der Waals surface area contributed by atoms with Crippen LogP contribution in [0.15, 0.2) is 97.0 Å². The molecule has 0 atom stereocenters. The second kappa shape index (κ2) is 19.6. The van der Waals surface area contributed by atoms with Gasteiger partial charge in [-0.3, -0.25) is 0 Å². The van der Waals surface area contributed by atoms with Gasteiger partial charge in [0, 0.05) is 30.2 Å². The molecule has 0 aromatic heterocycles. The monoisotopic (exact) mass is 720 g/mol. The number of nitrogen functional groups attached to an aromatic ring is 1. The number of benzene rings is 4. The summed E-state index contributed by atoms with van der Waals surface area (Å²) in [5.41, 5.74) is 5.91. The number of fused-ring (bicyclic) bond motifs is 1. The van der Waals surface area contributed by atoms with Crippen LogP contribution in [0, 0.1) is 0 Å². The molecule has 20 heteroatoms. The molecule has 0 unspecified atom stereocenters. The van der Waals surface area contributed by atoms with Crippen molar-refractivity contribution in [3.63, 3.8) is 0 Å². The molecular weight excluding hydrogens is 690 g/mol. The summed E-state index contributed by atoms with van der Waals surface area (Å²) in [5, 5.41) is 43.4. The molecule has 4 aromatic carbocycles. The number of likely N-dealkylation sites (N-methyl/N-ethyl adjacent to an activating group) is 1. The Morgan fingerprint density at radius 2 is 1.44 bits per heavy atom. The van der Waals surface area contributed by atoms with Crippen LogP contribution in [-0.4, -0.2) is 86.6 Å². The molecule has 4 rings (SSSR count). The molecule has 0 spiro atoms. The average molecular weight is 721 g/mol. The number of anilines is 1. The number of azo groups is 2. The third-order valence-corrected chi connectivity index (χ3v) is 7.80. The van der Waals surface area contributed by atoms with Gasteiger partial charge in [0.05, 0.1) is 41.5 Å². The first kappa shape index (κ1) is 43.5. The van der Waals surface area contributed by atoms with E-state index in [-0.39, 0.29) is 106 Å². The van der Waals surface area contributed by atoms with Gasteiger partial charge in [0.25, 0.3) is 0 Å². The minimum Gasteiger partial charge on any atom is -0.744 e. The number of hydrogen-bond acceptors (Lipinski definition) is 16. The third-order valence-electron chi connectivity index (χ3n) is 6.12. The number of aliphatic hydroxyl groups is 2. The summed E-state index contributed by atoms with van der Waals surface area (Å²) in [4.78, 5) is 0.616. The summed E-state index contributed by atoms with van der Waals surface area (Å²) in [5.74, 6) is -0.451. The van der Waals surface area contributed by atoms with Gasteiger partial charge in [-0.05, 0) is 67.0 Å². The first-order valence-electron chi connectivity index (χ1n) is 13.2. The molecule has 48 heavy (non-hydrogen) atoms. The van der Waals surface area contributed by atoms with Crippen LogP contribution in [0.3, 0.4) is 0 Å². The molecule has 5 N–H and O–H groups in total. The molecule has 0 fully saturated rings. The maximum absolute atomic E-state index is 11.9. The standard InChI is InChI=1S/C23H19N5O8S2.C5H13NO2.2Na/c1-36-20-12-16(26-25-15-3-2-4-17(11-15)37(30,31)32)6-8-19(20)27-28-22-21(38(33,34)35)10-13-9-14(24)5-7-18(13)23(22)29;1-6(2-4-7)3-5-8;;/h2-12,29H,24H2,1H3,(H,30,31,32)(H,33,34,35);7-8H,2-5H2,1H3;;/q;;2*+1/p-2. The van der Waals surface area contributed by atoms with Crippen LogP contribution in [-0.2, 0) is 20.2 Å². The number of nitrogens with two attached hydrogens (primary N) is 1. The van der Waals surface area contributed by atoms with E-state index in [9.17, 15) is 31.0 Å². The van der Waals surface area contributed by atoms with Crippen molar-refractivity contribution in [3.05, 3.63) is 66.7 Å². The van der Waals surface area contributed by atoms with E-state index in [1.54, 1.807) is 0 Å². The molecule has 16 nitrogen and oxygen atoms in total. The number of ether oxygens (including phenoxy) is 1. The van der Waals surface area contributed by atoms with Crippen molar-refractivity contribution < 1.29 is 105 Å². The number of nitrogens with zero attached hydrogens (tertiary/aromatic N) is 5. The van der Waals surface area contributed by atoms with Crippen molar-refractivity contribution in [2.24, 2.45) is 20.5 Å². The number of methoxy groups -OCH3 is 1. The van der Waals surface area contributed by atoms with Gasteiger partial charge in [0.2, 0.25) is 0 Å². The molecule has 0 saturated carbocycles. The Balaban J connectivity index is 0.00000103. The fraction of sp³-hybridized carbons (Fsp3) is 0.214. The molecule has 0 aliphatic heterocycles. The second-order valence-electron chi connectivity index (χ2n) is 9.46. The normalized spacial score (nSPS) is 11.6. The molecule has 0 bridgehead atoms. The van der Waals surface area contributed by atoms with Gasteiger partial charge in [0.15, 0.2) is 5.75 Å². The van der Waals surface area contributed by atoms with Crippen LogP contribution in [0.1, 0.15) is 0 Å². The van der Waals surface area contributed by atoms with Crippen molar-refractivity contribution >= 4 is 59.4 Å². The molecule has 246 valence electrons.